The molecule has 1 aromatic carbocycles. The Hall–Kier alpha value is -1.46. The molecule has 0 aliphatic heterocycles. The number of carboxylic acid groups (broad SMARTS) is 1. The molecule has 0 aliphatic carbocycles. The average molecular weight is 347 g/mol. The predicted molar refractivity (Wildman–Crippen MR) is 87.6 cm³/mol. The lowest BCUT2D eigenvalue weighted by molar-refractivity contribution is -0.137. The van der Waals surface area contributed by atoms with Crippen LogP contribution < -0.4 is 10.6 Å². The predicted octanol–water partition coefficient (Wildman–Crippen LogP) is 3.48. The minimum absolute atomic E-state index is 0.0318. The molecule has 0 spiro atoms. The normalized spacial score (nSPS) is 11.1. The van der Waals surface area contributed by atoms with Crippen molar-refractivity contribution in [1.82, 2.24) is 10.6 Å². The molecule has 0 saturated heterocycles. The molecule has 0 aliphatic rings. The molecule has 3 N–H and O–H groups in total. The van der Waals surface area contributed by atoms with Crippen molar-refractivity contribution >= 4 is 35.2 Å². The summed E-state index contributed by atoms with van der Waals surface area (Å²) in [7, 11) is 0. The number of carboxylic acids is 1. The Balaban J connectivity index is 2.48. The van der Waals surface area contributed by atoms with Crippen molar-refractivity contribution in [2.24, 2.45) is 0 Å². The number of urea groups is 1. The molecule has 122 valence electrons. The van der Waals surface area contributed by atoms with E-state index >= 15 is 0 Å². The molecule has 0 radical (unpaired) electrons. The van der Waals surface area contributed by atoms with Gasteiger partial charge in [-0.05, 0) is 44.4 Å². The summed E-state index contributed by atoms with van der Waals surface area (Å²) in [6.07, 6.45) is 0.974. The van der Waals surface area contributed by atoms with E-state index in [1.54, 1.807) is 12.1 Å². The van der Waals surface area contributed by atoms with Gasteiger partial charge in [-0.25, -0.2) is 4.79 Å². The number of hydrogen-bond acceptors (Lipinski definition) is 2. The molecule has 0 aromatic heterocycles. The van der Waals surface area contributed by atoms with E-state index in [2.05, 4.69) is 10.6 Å². The first-order valence-corrected chi connectivity index (χ1v) is 7.67. The Kier molecular flexibility index (Phi) is 6.97. The molecular weight excluding hydrogens is 327 g/mol. The second-order valence-corrected chi connectivity index (χ2v) is 6.52. The van der Waals surface area contributed by atoms with E-state index in [1.807, 2.05) is 19.9 Å². The van der Waals surface area contributed by atoms with Gasteiger partial charge in [0.25, 0.3) is 0 Å². The first-order chi connectivity index (χ1) is 10.2. The summed E-state index contributed by atoms with van der Waals surface area (Å²) in [5, 5.41) is 15.1. The smallest absolute Gasteiger partial charge is 0.315 e. The van der Waals surface area contributed by atoms with Gasteiger partial charge in [0.15, 0.2) is 0 Å². The van der Waals surface area contributed by atoms with Gasteiger partial charge in [0.2, 0.25) is 0 Å². The number of carbonyl (C=O) groups is 2. The fraction of sp³-hybridized carbons (Fsp3) is 0.467. The van der Waals surface area contributed by atoms with Crippen LogP contribution in [0.4, 0.5) is 4.79 Å². The van der Waals surface area contributed by atoms with Gasteiger partial charge in [-0.3, -0.25) is 4.79 Å². The molecule has 0 unspecified atom stereocenters. The highest BCUT2D eigenvalue weighted by atomic mass is 35.5. The van der Waals surface area contributed by atoms with E-state index in [4.69, 9.17) is 28.3 Å². The van der Waals surface area contributed by atoms with Crippen LogP contribution in [-0.4, -0.2) is 29.2 Å². The minimum Gasteiger partial charge on any atom is -0.481 e. The number of carbonyl (C=O) groups excluding carboxylic acids is 1. The summed E-state index contributed by atoms with van der Waals surface area (Å²) in [4.78, 5) is 22.2. The summed E-state index contributed by atoms with van der Waals surface area (Å²) in [5.41, 5.74) is 0.385. The van der Waals surface area contributed by atoms with Gasteiger partial charge in [0.1, 0.15) is 0 Å². The zero-order chi connectivity index (χ0) is 16.8. The maximum Gasteiger partial charge on any atom is 0.315 e. The molecule has 0 heterocycles. The number of halogens is 2. The summed E-state index contributed by atoms with van der Waals surface area (Å²) >= 11 is 12.0. The van der Waals surface area contributed by atoms with Gasteiger partial charge in [-0.2, -0.15) is 0 Å². The van der Waals surface area contributed by atoms with Crippen molar-refractivity contribution in [2.45, 2.75) is 38.6 Å². The van der Waals surface area contributed by atoms with Crippen molar-refractivity contribution in [3.8, 4) is 0 Å². The number of hydrogen-bond donors (Lipinski definition) is 3. The lowest BCUT2D eigenvalue weighted by Crippen LogP contribution is -2.49. The van der Waals surface area contributed by atoms with Crippen LogP contribution in [-0.2, 0) is 11.2 Å². The standard InChI is InChI=1S/C15H20Cl2N2O3/c1-15(2,9-10-5-6-11(16)8-12(10)17)19-14(22)18-7-3-4-13(20)21/h5-6,8H,3-4,7,9H2,1-2H3,(H,20,21)(H2,18,19,22). The Labute approximate surface area is 140 Å². The van der Waals surface area contributed by atoms with E-state index in [0.29, 0.717) is 29.4 Å². The third-order valence-electron chi connectivity index (χ3n) is 2.95. The van der Waals surface area contributed by atoms with Crippen LogP contribution in [0.25, 0.3) is 0 Å². The highest BCUT2D eigenvalue weighted by Crippen LogP contribution is 2.24. The van der Waals surface area contributed by atoms with Gasteiger partial charge >= 0.3 is 12.0 Å². The zero-order valence-electron chi connectivity index (χ0n) is 12.6. The molecular formula is C15H20Cl2N2O3. The third kappa shape index (κ3) is 7.00. The first kappa shape index (κ1) is 18.6. The number of amides is 2. The highest BCUT2D eigenvalue weighted by molar-refractivity contribution is 6.35. The maximum atomic E-state index is 11.8. The van der Waals surface area contributed by atoms with Crippen LogP contribution in [0.5, 0.6) is 0 Å². The molecule has 0 fully saturated rings. The Morgan fingerprint density at radius 2 is 1.95 bits per heavy atom. The molecule has 22 heavy (non-hydrogen) atoms. The first-order valence-electron chi connectivity index (χ1n) is 6.91. The molecule has 0 bridgehead atoms. The highest BCUT2D eigenvalue weighted by Gasteiger charge is 2.22. The maximum absolute atomic E-state index is 11.8. The Morgan fingerprint density at radius 3 is 2.55 bits per heavy atom. The molecule has 1 rings (SSSR count). The average Bonchev–Trinajstić information content (AvgIpc) is 2.37. The second-order valence-electron chi connectivity index (χ2n) is 5.67. The zero-order valence-corrected chi connectivity index (χ0v) is 14.1. The Morgan fingerprint density at radius 1 is 1.27 bits per heavy atom. The largest absolute Gasteiger partial charge is 0.481 e. The van der Waals surface area contributed by atoms with E-state index in [-0.39, 0.29) is 12.5 Å². The second kappa shape index (κ2) is 8.25. The molecule has 2 amide bonds. The van der Waals surface area contributed by atoms with Crippen LogP contribution in [0.2, 0.25) is 10.0 Å². The van der Waals surface area contributed by atoms with Crippen molar-refractivity contribution in [3.63, 3.8) is 0 Å². The quantitative estimate of drug-likeness (QED) is 0.661. The SMILES string of the molecule is CC(C)(Cc1ccc(Cl)cc1Cl)NC(=O)NCCCC(=O)O. The van der Waals surface area contributed by atoms with Gasteiger partial charge in [0, 0.05) is 28.5 Å². The number of rotatable bonds is 7. The number of nitrogens with one attached hydrogen (secondary N) is 2. The number of aliphatic carboxylic acids is 1. The van der Waals surface area contributed by atoms with Crippen LogP contribution >= 0.6 is 23.2 Å². The van der Waals surface area contributed by atoms with Crippen molar-refractivity contribution in [1.29, 1.82) is 0 Å². The minimum atomic E-state index is -0.875. The van der Waals surface area contributed by atoms with Gasteiger partial charge in [0.05, 0.1) is 0 Å². The lowest BCUT2D eigenvalue weighted by atomic mass is 9.95. The van der Waals surface area contributed by atoms with Crippen LogP contribution in [0, 0.1) is 0 Å². The summed E-state index contributed by atoms with van der Waals surface area (Å²) < 4.78 is 0. The van der Waals surface area contributed by atoms with E-state index in [1.165, 1.54) is 0 Å². The van der Waals surface area contributed by atoms with E-state index in [9.17, 15) is 9.59 Å². The molecule has 5 nitrogen and oxygen atoms in total. The molecule has 7 heteroatoms. The van der Waals surface area contributed by atoms with Crippen molar-refractivity contribution in [3.05, 3.63) is 33.8 Å². The van der Waals surface area contributed by atoms with E-state index < -0.39 is 11.5 Å². The van der Waals surface area contributed by atoms with Crippen LogP contribution in [0.15, 0.2) is 18.2 Å². The van der Waals surface area contributed by atoms with Gasteiger partial charge in [-0.15, -0.1) is 0 Å². The van der Waals surface area contributed by atoms with Crippen LogP contribution in [0.1, 0.15) is 32.3 Å². The fourth-order valence-electron chi connectivity index (χ4n) is 1.98. The summed E-state index contributed by atoms with van der Waals surface area (Å²) in [5.74, 6) is -0.875. The Bertz CT molecular complexity index is 548. The molecule has 0 saturated carbocycles. The van der Waals surface area contributed by atoms with Crippen molar-refractivity contribution < 1.29 is 14.7 Å². The number of benzene rings is 1. The topological polar surface area (TPSA) is 78.4 Å². The molecule has 0 atom stereocenters. The lowest BCUT2D eigenvalue weighted by Gasteiger charge is -2.27. The van der Waals surface area contributed by atoms with Crippen LogP contribution in [0.3, 0.4) is 0 Å². The van der Waals surface area contributed by atoms with Gasteiger partial charge < -0.3 is 15.7 Å². The monoisotopic (exact) mass is 346 g/mol. The van der Waals surface area contributed by atoms with Gasteiger partial charge in [-0.1, -0.05) is 29.3 Å². The van der Waals surface area contributed by atoms with E-state index in [0.717, 1.165) is 5.56 Å². The fourth-order valence-corrected chi connectivity index (χ4v) is 2.45. The summed E-state index contributed by atoms with van der Waals surface area (Å²) in [6.45, 7) is 4.08. The van der Waals surface area contributed by atoms with Crippen molar-refractivity contribution in [2.75, 3.05) is 6.54 Å². The molecule has 1 aromatic rings. The third-order valence-corrected chi connectivity index (χ3v) is 3.54. The summed E-state index contributed by atoms with van der Waals surface area (Å²) in [6, 6.07) is 4.92.